The van der Waals surface area contributed by atoms with Gasteiger partial charge in [-0.25, -0.2) is 4.98 Å². The van der Waals surface area contributed by atoms with E-state index in [0.29, 0.717) is 16.4 Å². The summed E-state index contributed by atoms with van der Waals surface area (Å²) >= 11 is 1.27. The number of hydrogen-bond acceptors (Lipinski definition) is 5. The molecular formula is C9H16ClN3OS. The van der Waals surface area contributed by atoms with Gasteiger partial charge >= 0.3 is 0 Å². The number of rotatable bonds is 4. The molecule has 2 N–H and O–H groups in total. The van der Waals surface area contributed by atoms with Crippen molar-refractivity contribution in [1.82, 2.24) is 9.88 Å². The van der Waals surface area contributed by atoms with Gasteiger partial charge in [-0.05, 0) is 21.0 Å². The van der Waals surface area contributed by atoms with E-state index in [4.69, 9.17) is 5.73 Å². The fraction of sp³-hybridized carbons (Fsp3) is 0.556. The van der Waals surface area contributed by atoms with Gasteiger partial charge in [-0.3, -0.25) is 4.79 Å². The van der Waals surface area contributed by atoms with Crippen LogP contribution in [0.2, 0.25) is 0 Å². The summed E-state index contributed by atoms with van der Waals surface area (Å²) in [6, 6.07) is 0. The highest BCUT2D eigenvalue weighted by Gasteiger charge is 2.13. The van der Waals surface area contributed by atoms with Crippen LogP contribution in [0.15, 0.2) is 0 Å². The molecule has 0 amide bonds. The first kappa shape index (κ1) is 14.3. The molecule has 0 radical (unpaired) electrons. The van der Waals surface area contributed by atoms with Gasteiger partial charge in [0.15, 0.2) is 10.9 Å². The molecule has 1 aromatic heterocycles. The summed E-state index contributed by atoms with van der Waals surface area (Å²) in [6.45, 7) is 2.58. The molecule has 0 aliphatic rings. The average molecular weight is 250 g/mol. The second-order valence-electron chi connectivity index (χ2n) is 3.44. The topological polar surface area (TPSA) is 59.2 Å². The first-order valence-electron chi connectivity index (χ1n) is 4.41. The van der Waals surface area contributed by atoms with E-state index in [1.807, 2.05) is 25.9 Å². The van der Waals surface area contributed by atoms with Crippen molar-refractivity contribution in [3.63, 3.8) is 0 Å². The van der Waals surface area contributed by atoms with Gasteiger partial charge in [0.05, 0.1) is 10.6 Å². The molecule has 1 heterocycles. The maximum atomic E-state index is 11.7. The van der Waals surface area contributed by atoms with E-state index in [-0.39, 0.29) is 18.2 Å². The van der Waals surface area contributed by atoms with Gasteiger partial charge < -0.3 is 10.6 Å². The molecule has 0 unspecified atom stereocenters. The number of nitrogens with two attached hydrogens (primary N) is 1. The highest BCUT2D eigenvalue weighted by atomic mass is 35.5. The van der Waals surface area contributed by atoms with Crippen LogP contribution in [0.25, 0.3) is 0 Å². The lowest BCUT2D eigenvalue weighted by Gasteiger charge is -2.07. The fourth-order valence-electron chi connectivity index (χ4n) is 1.11. The molecule has 86 valence electrons. The standard InChI is InChI=1S/C9H15N3OS.ClH/c1-6-8(14-9(10)11-6)7(13)4-5-12(2)3;/h4-5H2,1-3H3,(H2,10,11);1H. The highest BCUT2D eigenvalue weighted by Crippen LogP contribution is 2.21. The largest absolute Gasteiger partial charge is 0.375 e. The third-order valence-electron chi connectivity index (χ3n) is 1.85. The summed E-state index contributed by atoms with van der Waals surface area (Å²) in [7, 11) is 3.89. The van der Waals surface area contributed by atoms with E-state index in [1.54, 1.807) is 0 Å². The number of carbonyl (C=O) groups excluding carboxylic acids is 1. The molecule has 0 fully saturated rings. The average Bonchev–Trinajstić information content (AvgIpc) is 2.41. The summed E-state index contributed by atoms with van der Waals surface area (Å²) in [5.41, 5.74) is 6.26. The molecule has 0 saturated carbocycles. The summed E-state index contributed by atoms with van der Waals surface area (Å²) in [5.74, 6) is 0.130. The van der Waals surface area contributed by atoms with Gasteiger partial charge in [0, 0.05) is 13.0 Å². The Kier molecular flexibility index (Phi) is 5.79. The molecule has 0 spiro atoms. The Balaban J connectivity index is 0.00000196. The van der Waals surface area contributed by atoms with Crippen molar-refractivity contribution >= 4 is 34.7 Å². The van der Waals surface area contributed by atoms with Gasteiger partial charge in [-0.1, -0.05) is 11.3 Å². The Morgan fingerprint density at radius 1 is 1.53 bits per heavy atom. The van der Waals surface area contributed by atoms with E-state index in [9.17, 15) is 4.79 Å². The van der Waals surface area contributed by atoms with Crippen molar-refractivity contribution in [1.29, 1.82) is 0 Å². The van der Waals surface area contributed by atoms with E-state index in [2.05, 4.69) is 4.98 Å². The second-order valence-corrected chi connectivity index (χ2v) is 4.47. The molecule has 0 bridgehead atoms. The molecule has 6 heteroatoms. The molecule has 1 rings (SSSR count). The summed E-state index contributed by atoms with van der Waals surface area (Å²) in [6.07, 6.45) is 0.523. The summed E-state index contributed by atoms with van der Waals surface area (Å²) < 4.78 is 0. The van der Waals surface area contributed by atoms with Crippen molar-refractivity contribution in [3.05, 3.63) is 10.6 Å². The van der Waals surface area contributed by atoms with E-state index in [1.165, 1.54) is 11.3 Å². The molecule has 1 aromatic rings. The van der Waals surface area contributed by atoms with Crippen LogP contribution in [0.3, 0.4) is 0 Å². The Labute approximate surface area is 99.9 Å². The number of Topliss-reactive ketones (excluding diaryl/α,β-unsaturated/α-hetero) is 1. The quantitative estimate of drug-likeness (QED) is 0.824. The lowest BCUT2D eigenvalue weighted by molar-refractivity contribution is 0.0975. The Morgan fingerprint density at radius 3 is 2.53 bits per heavy atom. The van der Waals surface area contributed by atoms with Crippen LogP contribution in [-0.4, -0.2) is 36.3 Å². The fourth-order valence-corrected chi connectivity index (χ4v) is 1.92. The van der Waals surface area contributed by atoms with Crippen molar-refractivity contribution < 1.29 is 4.79 Å². The normalized spacial score (nSPS) is 10.1. The van der Waals surface area contributed by atoms with Crippen LogP contribution < -0.4 is 5.73 Å². The molecule has 15 heavy (non-hydrogen) atoms. The predicted molar refractivity (Wildman–Crippen MR) is 66.0 cm³/mol. The van der Waals surface area contributed by atoms with Gasteiger partial charge in [-0.15, -0.1) is 12.4 Å². The first-order valence-corrected chi connectivity index (χ1v) is 5.23. The second kappa shape index (κ2) is 6.05. The number of thiazole rings is 1. The molecule has 0 saturated heterocycles. The zero-order valence-corrected chi connectivity index (χ0v) is 10.7. The van der Waals surface area contributed by atoms with Crippen molar-refractivity contribution in [3.8, 4) is 0 Å². The highest BCUT2D eigenvalue weighted by molar-refractivity contribution is 7.17. The van der Waals surface area contributed by atoms with Gasteiger partial charge in [0.2, 0.25) is 0 Å². The first-order chi connectivity index (χ1) is 6.50. The van der Waals surface area contributed by atoms with Crippen LogP contribution in [0.1, 0.15) is 21.8 Å². The van der Waals surface area contributed by atoms with Gasteiger partial charge in [0.25, 0.3) is 0 Å². The van der Waals surface area contributed by atoms with E-state index >= 15 is 0 Å². The Hall–Kier alpha value is -0.650. The zero-order chi connectivity index (χ0) is 10.7. The van der Waals surface area contributed by atoms with Crippen molar-refractivity contribution in [2.45, 2.75) is 13.3 Å². The number of nitrogen functional groups attached to an aromatic ring is 1. The smallest absolute Gasteiger partial charge is 0.180 e. The maximum absolute atomic E-state index is 11.7. The third kappa shape index (κ3) is 4.15. The molecule has 0 aromatic carbocycles. The van der Waals surface area contributed by atoms with Crippen LogP contribution >= 0.6 is 23.7 Å². The van der Waals surface area contributed by atoms with Gasteiger partial charge in [0.1, 0.15) is 0 Å². The zero-order valence-electron chi connectivity index (χ0n) is 9.11. The number of aromatic nitrogens is 1. The maximum Gasteiger partial charge on any atom is 0.180 e. The van der Waals surface area contributed by atoms with Crippen LogP contribution in [0, 0.1) is 6.92 Å². The number of nitrogens with zero attached hydrogens (tertiary/aromatic N) is 2. The summed E-state index contributed by atoms with van der Waals surface area (Å²) in [4.78, 5) is 18.4. The van der Waals surface area contributed by atoms with E-state index < -0.39 is 0 Å². The number of anilines is 1. The van der Waals surface area contributed by atoms with Crippen molar-refractivity contribution in [2.24, 2.45) is 0 Å². The van der Waals surface area contributed by atoms with Crippen molar-refractivity contribution in [2.75, 3.05) is 26.4 Å². The van der Waals surface area contributed by atoms with E-state index in [0.717, 1.165) is 12.2 Å². The molecular weight excluding hydrogens is 234 g/mol. The lowest BCUT2D eigenvalue weighted by Crippen LogP contribution is -2.16. The SMILES string of the molecule is Cc1nc(N)sc1C(=O)CCN(C)C.Cl. The Bertz CT molecular complexity index is 338. The minimum Gasteiger partial charge on any atom is -0.375 e. The predicted octanol–water partition coefficient (Wildman–Crippen LogP) is 1.59. The summed E-state index contributed by atoms with van der Waals surface area (Å²) in [5, 5.41) is 0.468. The molecule has 0 atom stereocenters. The molecule has 0 aliphatic heterocycles. The Morgan fingerprint density at radius 2 is 2.13 bits per heavy atom. The monoisotopic (exact) mass is 249 g/mol. The van der Waals surface area contributed by atoms with Crippen LogP contribution in [0.5, 0.6) is 0 Å². The lowest BCUT2D eigenvalue weighted by atomic mass is 10.2. The minimum atomic E-state index is 0. The number of ketones is 1. The van der Waals surface area contributed by atoms with Crippen LogP contribution in [0.4, 0.5) is 5.13 Å². The third-order valence-corrected chi connectivity index (χ3v) is 2.88. The minimum absolute atomic E-state index is 0. The number of halogens is 1. The number of carbonyl (C=O) groups is 1. The molecule has 0 aliphatic carbocycles. The number of hydrogen-bond donors (Lipinski definition) is 1. The number of aryl methyl sites for hydroxylation is 1. The molecule has 4 nitrogen and oxygen atoms in total. The van der Waals surface area contributed by atoms with Gasteiger partial charge in [-0.2, -0.15) is 0 Å². The van der Waals surface area contributed by atoms with Crippen LogP contribution in [-0.2, 0) is 0 Å².